The summed E-state index contributed by atoms with van der Waals surface area (Å²) in [6.45, 7) is 8.97. The molecule has 1 aromatic carbocycles. The molecule has 3 nitrogen and oxygen atoms in total. The summed E-state index contributed by atoms with van der Waals surface area (Å²) in [5, 5.41) is 0. The second kappa shape index (κ2) is 4.86. The minimum Gasteiger partial charge on any atom is -0.335 e. The Morgan fingerprint density at radius 2 is 1.72 bits per heavy atom. The van der Waals surface area contributed by atoms with Crippen molar-refractivity contribution in [2.75, 3.05) is 0 Å². The number of aryl methyl sites for hydroxylation is 2. The van der Waals surface area contributed by atoms with Crippen LogP contribution in [0.1, 0.15) is 28.1 Å². The highest BCUT2D eigenvalue weighted by atomic mass is 79.9. The van der Waals surface area contributed by atoms with Gasteiger partial charge in [0.1, 0.15) is 16.1 Å². The molecule has 1 heterocycles. The summed E-state index contributed by atoms with van der Waals surface area (Å²) < 4.78 is 0.902. The second-order valence-electron chi connectivity index (χ2n) is 4.69. The molecule has 4 heteroatoms. The van der Waals surface area contributed by atoms with Gasteiger partial charge >= 0.3 is 0 Å². The van der Waals surface area contributed by atoms with E-state index in [2.05, 4.69) is 59.7 Å². The highest BCUT2D eigenvalue weighted by molar-refractivity contribution is 9.10. The third-order valence-electron chi connectivity index (χ3n) is 3.50. The number of imidazole rings is 1. The topological polar surface area (TPSA) is 54.7 Å². The standard InChI is InChI=1S/C14H18BrN3/c1-7-5-8(2)10(4)12(9(7)3)13-14(15)18-11(6-16)17-13/h5H,6,16H2,1-4H3,(H,17,18). The van der Waals surface area contributed by atoms with Crippen LogP contribution in [0.5, 0.6) is 0 Å². The van der Waals surface area contributed by atoms with Crippen LogP contribution in [0.2, 0.25) is 0 Å². The number of H-pyrrole nitrogens is 1. The van der Waals surface area contributed by atoms with Crippen LogP contribution < -0.4 is 5.73 Å². The highest BCUT2D eigenvalue weighted by Crippen LogP contribution is 2.34. The molecule has 0 bridgehead atoms. The number of rotatable bonds is 2. The normalized spacial score (nSPS) is 11.0. The average Bonchev–Trinajstić information content (AvgIpc) is 2.69. The Morgan fingerprint density at radius 1 is 1.17 bits per heavy atom. The van der Waals surface area contributed by atoms with Crippen molar-refractivity contribution in [2.24, 2.45) is 5.73 Å². The first-order valence-electron chi connectivity index (χ1n) is 5.98. The third kappa shape index (κ3) is 2.10. The molecule has 0 aliphatic heterocycles. The molecule has 2 rings (SSSR count). The predicted molar refractivity (Wildman–Crippen MR) is 78.6 cm³/mol. The molecule has 0 spiro atoms. The van der Waals surface area contributed by atoms with E-state index in [-0.39, 0.29) is 0 Å². The van der Waals surface area contributed by atoms with Gasteiger partial charge in [0.2, 0.25) is 0 Å². The van der Waals surface area contributed by atoms with Gasteiger partial charge in [-0.2, -0.15) is 0 Å². The number of nitrogens with zero attached hydrogens (tertiary/aromatic N) is 1. The number of hydrogen-bond acceptors (Lipinski definition) is 2. The first kappa shape index (κ1) is 13.3. The van der Waals surface area contributed by atoms with Crippen LogP contribution >= 0.6 is 15.9 Å². The molecule has 1 aromatic heterocycles. The highest BCUT2D eigenvalue weighted by Gasteiger charge is 2.16. The number of aromatic amines is 1. The minimum atomic E-state index is 0.418. The second-order valence-corrected chi connectivity index (χ2v) is 5.48. The summed E-state index contributed by atoms with van der Waals surface area (Å²) >= 11 is 3.54. The van der Waals surface area contributed by atoms with E-state index in [1.54, 1.807) is 0 Å². The quantitative estimate of drug-likeness (QED) is 0.891. The van der Waals surface area contributed by atoms with Crippen molar-refractivity contribution in [2.45, 2.75) is 34.2 Å². The number of nitrogens with one attached hydrogen (secondary N) is 1. The maximum Gasteiger partial charge on any atom is 0.121 e. The van der Waals surface area contributed by atoms with E-state index in [4.69, 9.17) is 5.73 Å². The largest absolute Gasteiger partial charge is 0.335 e. The van der Waals surface area contributed by atoms with E-state index in [9.17, 15) is 0 Å². The number of nitrogens with two attached hydrogens (primary N) is 1. The van der Waals surface area contributed by atoms with Crippen molar-refractivity contribution in [3.05, 3.63) is 38.7 Å². The fraction of sp³-hybridized carbons (Fsp3) is 0.357. The van der Waals surface area contributed by atoms with Gasteiger partial charge in [0.15, 0.2) is 0 Å². The van der Waals surface area contributed by atoms with E-state index in [1.807, 2.05) is 0 Å². The van der Waals surface area contributed by atoms with Gasteiger partial charge in [0.05, 0.1) is 6.54 Å². The van der Waals surface area contributed by atoms with Gasteiger partial charge in [-0.3, -0.25) is 0 Å². The molecule has 0 aliphatic carbocycles. The summed E-state index contributed by atoms with van der Waals surface area (Å²) in [7, 11) is 0. The zero-order chi connectivity index (χ0) is 13.4. The van der Waals surface area contributed by atoms with E-state index < -0.39 is 0 Å². The summed E-state index contributed by atoms with van der Waals surface area (Å²) in [5.74, 6) is 0.801. The van der Waals surface area contributed by atoms with Gasteiger partial charge < -0.3 is 10.7 Å². The molecule has 0 amide bonds. The van der Waals surface area contributed by atoms with Crippen LogP contribution in [0.25, 0.3) is 11.3 Å². The van der Waals surface area contributed by atoms with E-state index in [0.29, 0.717) is 6.54 Å². The fourth-order valence-corrected chi connectivity index (χ4v) is 2.75. The molecule has 0 saturated carbocycles. The van der Waals surface area contributed by atoms with Crippen LogP contribution in [-0.4, -0.2) is 9.97 Å². The maximum atomic E-state index is 5.63. The van der Waals surface area contributed by atoms with Gasteiger partial charge in [-0.05, 0) is 65.9 Å². The fourth-order valence-electron chi connectivity index (χ4n) is 2.23. The number of benzene rings is 1. The predicted octanol–water partition coefficient (Wildman–Crippen LogP) is 3.53. The lowest BCUT2D eigenvalue weighted by atomic mass is 9.93. The Labute approximate surface area is 116 Å². The smallest absolute Gasteiger partial charge is 0.121 e. The van der Waals surface area contributed by atoms with E-state index in [1.165, 1.54) is 27.8 Å². The number of halogens is 1. The monoisotopic (exact) mass is 307 g/mol. The number of aromatic nitrogens is 2. The van der Waals surface area contributed by atoms with Gasteiger partial charge in [0, 0.05) is 5.56 Å². The molecular formula is C14H18BrN3. The van der Waals surface area contributed by atoms with Crippen LogP contribution in [-0.2, 0) is 6.54 Å². The zero-order valence-electron chi connectivity index (χ0n) is 11.2. The summed E-state index contributed by atoms with van der Waals surface area (Å²) in [6.07, 6.45) is 0. The molecule has 18 heavy (non-hydrogen) atoms. The molecule has 0 aliphatic rings. The Morgan fingerprint density at radius 3 is 2.17 bits per heavy atom. The average molecular weight is 308 g/mol. The Bertz CT molecular complexity index is 573. The molecule has 0 unspecified atom stereocenters. The Kier molecular flexibility index (Phi) is 3.59. The van der Waals surface area contributed by atoms with Gasteiger partial charge in [-0.15, -0.1) is 0 Å². The molecular weight excluding hydrogens is 290 g/mol. The van der Waals surface area contributed by atoms with Crippen molar-refractivity contribution >= 4 is 15.9 Å². The van der Waals surface area contributed by atoms with Crippen molar-refractivity contribution in [3.63, 3.8) is 0 Å². The van der Waals surface area contributed by atoms with E-state index in [0.717, 1.165) is 16.1 Å². The lowest BCUT2D eigenvalue weighted by Crippen LogP contribution is -1.99. The van der Waals surface area contributed by atoms with Gasteiger partial charge in [0.25, 0.3) is 0 Å². The first-order valence-corrected chi connectivity index (χ1v) is 6.77. The van der Waals surface area contributed by atoms with Crippen LogP contribution in [0.3, 0.4) is 0 Å². The Balaban J connectivity index is 2.73. The SMILES string of the molecule is Cc1cc(C)c(C)c(-c2nc(CN)[nH]c2Br)c1C. The third-order valence-corrected chi connectivity index (χ3v) is 4.08. The Hall–Kier alpha value is -1.13. The van der Waals surface area contributed by atoms with E-state index >= 15 is 0 Å². The van der Waals surface area contributed by atoms with Crippen LogP contribution in [0.4, 0.5) is 0 Å². The van der Waals surface area contributed by atoms with Crippen LogP contribution in [0, 0.1) is 27.7 Å². The molecule has 2 aromatic rings. The van der Waals surface area contributed by atoms with Crippen molar-refractivity contribution in [1.29, 1.82) is 0 Å². The zero-order valence-corrected chi connectivity index (χ0v) is 12.8. The van der Waals surface area contributed by atoms with Gasteiger partial charge in [-0.25, -0.2) is 4.98 Å². The first-order chi connectivity index (χ1) is 8.45. The van der Waals surface area contributed by atoms with Crippen molar-refractivity contribution < 1.29 is 0 Å². The molecule has 3 N–H and O–H groups in total. The lowest BCUT2D eigenvalue weighted by Gasteiger charge is -2.13. The molecule has 96 valence electrons. The summed E-state index contributed by atoms with van der Waals surface area (Å²) in [5.41, 5.74) is 12.9. The summed E-state index contributed by atoms with van der Waals surface area (Å²) in [4.78, 5) is 7.74. The summed E-state index contributed by atoms with van der Waals surface area (Å²) in [6, 6.07) is 2.22. The maximum absolute atomic E-state index is 5.63. The van der Waals surface area contributed by atoms with Gasteiger partial charge in [-0.1, -0.05) is 6.07 Å². The van der Waals surface area contributed by atoms with Crippen molar-refractivity contribution in [1.82, 2.24) is 9.97 Å². The molecule has 0 saturated heterocycles. The number of hydrogen-bond donors (Lipinski definition) is 2. The van der Waals surface area contributed by atoms with Crippen molar-refractivity contribution in [3.8, 4) is 11.3 Å². The lowest BCUT2D eigenvalue weighted by molar-refractivity contribution is 0.947. The molecule has 0 atom stereocenters. The minimum absolute atomic E-state index is 0.418. The van der Waals surface area contributed by atoms with Crippen LogP contribution in [0.15, 0.2) is 10.7 Å². The molecule has 0 fully saturated rings. The molecule has 0 radical (unpaired) electrons.